The number of rotatable bonds is 9. The highest BCUT2D eigenvalue weighted by molar-refractivity contribution is 7.14. The summed E-state index contributed by atoms with van der Waals surface area (Å²) in [5.74, 6) is -0.212. The number of hydrogen-bond acceptors (Lipinski definition) is 8. The molecule has 2 aliphatic heterocycles. The Bertz CT molecular complexity index is 976. The fourth-order valence-electron chi connectivity index (χ4n) is 4.21. The second-order valence-corrected chi connectivity index (χ2v) is 9.14. The molecule has 3 N–H and O–H groups in total. The lowest BCUT2D eigenvalue weighted by Gasteiger charge is -2.16. The number of carbonyl (C=O) groups is 2. The van der Waals surface area contributed by atoms with Crippen molar-refractivity contribution < 1.29 is 19.1 Å². The molecule has 9 nitrogen and oxygen atoms in total. The van der Waals surface area contributed by atoms with E-state index in [1.165, 1.54) is 11.3 Å². The second-order valence-electron chi connectivity index (χ2n) is 8.31. The molecule has 1 unspecified atom stereocenters. The maximum Gasteiger partial charge on any atom is 0.275 e. The summed E-state index contributed by atoms with van der Waals surface area (Å²) in [6, 6.07) is 5.69. The van der Waals surface area contributed by atoms with Gasteiger partial charge in [-0.1, -0.05) is 6.07 Å². The van der Waals surface area contributed by atoms with Gasteiger partial charge >= 0.3 is 0 Å². The average Bonchev–Trinajstić information content (AvgIpc) is 3.60. The van der Waals surface area contributed by atoms with Crippen LogP contribution in [-0.2, 0) is 9.47 Å². The molecular weight excluding hydrogens is 442 g/mol. The minimum Gasteiger partial charge on any atom is -0.383 e. The van der Waals surface area contributed by atoms with Gasteiger partial charge in [-0.25, -0.2) is 4.98 Å². The smallest absolute Gasteiger partial charge is 0.275 e. The van der Waals surface area contributed by atoms with Gasteiger partial charge in [0.25, 0.3) is 11.8 Å². The Morgan fingerprint density at radius 2 is 2.15 bits per heavy atom. The lowest BCUT2D eigenvalue weighted by molar-refractivity contribution is 0.0938. The molecule has 1 aromatic heterocycles. The van der Waals surface area contributed by atoms with Crippen LogP contribution in [0.5, 0.6) is 0 Å². The summed E-state index contributed by atoms with van der Waals surface area (Å²) in [5.41, 5.74) is 2.35. The number of carbonyl (C=O) groups excluding carboxylic acids is 2. The highest BCUT2D eigenvalue weighted by Crippen LogP contribution is 2.29. The third kappa shape index (κ3) is 5.70. The van der Waals surface area contributed by atoms with Crippen LogP contribution < -0.4 is 20.9 Å². The molecule has 0 bridgehead atoms. The number of nitrogens with zero attached hydrogens (tertiary/aromatic N) is 2. The van der Waals surface area contributed by atoms with Crippen LogP contribution in [0, 0.1) is 0 Å². The van der Waals surface area contributed by atoms with E-state index in [1.54, 1.807) is 19.6 Å². The van der Waals surface area contributed by atoms with Crippen LogP contribution in [0.25, 0.3) is 0 Å². The van der Waals surface area contributed by atoms with Crippen LogP contribution in [-0.4, -0.2) is 76.5 Å². The molecule has 0 radical (unpaired) electrons. The lowest BCUT2D eigenvalue weighted by atomic mass is 9.95. The summed E-state index contributed by atoms with van der Waals surface area (Å²) in [6.07, 6.45) is 2.17. The van der Waals surface area contributed by atoms with Crippen LogP contribution in [0.2, 0.25) is 0 Å². The zero-order chi connectivity index (χ0) is 23.2. The van der Waals surface area contributed by atoms with Gasteiger partial charge in [0.05, 0.1) is 24.0 Å². The Hall–Kier alpha value is -2.53. The van der Waals surface area contributed by atoms with E-state index in [1.807, 2.05) is 18.2 Å². The van der Waals surface area contributed by atoms with Gasteiger partial charge in [-0.15, -0.1) is 11.3 Å². The Balaban J connectivity index is 1.50. The Kier molecular flexibility index (Phi) is 7.92. The van der Waals surface area contributed by atoms with E-state index in [9.17, 15) is 9.59 Å². The van der Waals surface area contributed by atoms with Crippen LogP contribution in [0.15, 0.2) is 23.6 Å². The largest absolute Gasteiger partial charge is 0.383 e. The van der Waals surface area contributed by atoms with Crippen molar-refractivity contribution in [3.05, 3.63) is 40.4 Å². The summed E-state index contributed by atoms with van der Waals surface area (Å²) >= 11 is 1.44. The molecule has 2 fully saturated rings. The number of methoxy groups -OCH3 is 2. The molecule has 0 spiro atoms. The van der Waals surface area contributed by atoms with E-state index in [0.29, 0.717) is 36.0 Å². The molecule has 4 rings (SSSR count). The molecule has 33 heavy (non-hydrogen) atoms. The second kappa shape index (κ2) is 11.1. The summed E-state index contributed by atoms with van der Waals surface area (Å²) < 4.78 is 10.5. The quantitative estimate of drug-likeness (QED) is 0.479. The predicted molar refractivity (Wildman–Crippen MR) is 129 cm³/mol. The van der Waals surface area contributed by atoms with E-state index >= 15 is 0 Å². The number of hydrogen-bond donors (Lipinski definition) is 3. The van der Waals surface area contributed by atoms with Crippen molar-refractivity contribution in [1.29, 1.82) is 0 Å². The molecule has 2 saturated heterocycles. The van der Waals surface area contributed by atoms with Crippen LogP contribution in [0.1, 0.15) is 45.2 Å². The number of aromatic nitrogens is 1. The monoisotopic (exact) mass is 473 g/mol. The molecule has 178 valence electrons. The molecule has 2 aliphatic rings. The topological polar surface area (TPSA) is 105 Å². The van der Waals surface area contributed by atoms with E-state index in [-0.39, 0.29) is 17.9 Å². The first-order chi connectivity index (χ1) is 16.1. The molecule has 10 heteroatoms. The molecule has 2 aromatic rings. The van der Waals surface area contributed by atoms with Crippen LogP contribution in [0.4, 0.5) is 10.8 Å². The van der Waals surface area contributed by atoms with Gasteiger partial charge in [-0.05, 0) is 43.0 Å². The van der Waals surface area contributed by atoms with Crippen LogP contribution >= 0.6 is 11.3 Å². The minimum absolute atomic E-state index is 0.193. The first kappa shape index (κ1) is 23.6. The van der Waals surface area contributed by atoms with Gasteiger partial charge in [0.15, 0.2) is 5.13 Å². The Labute approximate surface area is 197 Å². The van der Waals surface area contributed by atoms with Crippen molar-refractivity contribution >= 4 is 34.0 Å². The molecular formula is C23H31N5O4S. The Morgan fingerprint density at radius 3 is 2.88 bits per heavy atom. The average molecular weight is 474 g/mol. The fourth-order valence-corrected chi connectivity index (χ4v) is 5.05. The highest BCUT2D eigenvalue weighted by atomic mass is 32.1. The molecule has 2 amide bonds. The van der Waals surface area contributed by atoms with Gasteiger partial charge in [0, 0.05) is 45.8 Å². The van der Waals surface area contributed by atoms with E-state index in [2.05, 4.69) is 25.8 Å². The normalized spacial score (nSPS) is 20.2. The number of ether oxygens (including phenoxy) is 2. The van der Waals surface area contributed by atoms with Crippen molar-refractivity contribution in [3.8, 4) is 0 Å². The highest BCUT2D eigenvalue weighted by Gasteiger charge is 2.26. The lowest BCUT2D eigenvalue weighted by Crippen LogP contribution is -2.28. The number of benzene rings is 1. The standard InChI is InChI=1S/C23H31N5O4S/c1-31-10-8-25-21(29)18-11-15(16-5-7-24-12-16)3-4-19(18)26-22(30)20-14-33-23(27-20)28-9-6-17(13-28)32-2/h3-4,11,14,16-17,24H,5-10,12-13H2,1-2H3,(H,25,29)(H,26,30)/t16?,17-/m0/s1. The first-order valence-corrected chi connectivity index (χ1v) is 12.1. The SMILES string of the molecule is COCCNC(=O)c1cc(C2CCNC2)ccc1NC(=O)c1csc(N2CC[C@H](OC)C2)n1. The third-order valence-corrected chi connectivity index (χ3v) is 7.03. The maximum atomic E-state index is 13.0. The van der Waals surface area contributed by atoms with Gasteiger partial charge in [0.1, 0.15) is 5.69 Å². The zero-order valence-electron chi connectivity index (χ0n) is 19.1. The van der Waals surface area contributed by atoms with Crippen molar-refractivity contribution in [2.45, 2.75) is 24.9 Å². The van der Waals surface area contributed by atoms with Gasteiger partial charge in [-0.2, -0.15) is 0 Å². The summed E-state index contributed by atoms with van der Waals surface area (Å²) in [4.78, 5) is 32.5. The van der Waals surface area contributed by atoms with E-state index in [4.69, 9.17) is 9.47 Å². The molecule has 0 saturated carbocycles. The van der Waals surface area contributed by atoms with Gasteiger partial charge < -0.3 is 30.3 Å². The van der Waals surface area contributed by atoms with Crippen molar-refractivity contribution in [2.24, 2.45) is 0 Å². The Morgan fingerprint density at radius 1 is 1.27 bits per heavy atom. The maximum absolute atomic E-state index is 13.0. The predicted octanol–water partition coefficient (Wildman–Crippen LogP) is 2.07. The van der Waals surface area contributed by atoms with Crippen molar-refractivity contribution in [1.82, 2.24) is 15.6 Å². The number of thiazole rings is 1. The number of nitrogens with one attached hydrogen (secondary N) is 3. The molecule has 1 aromatic carbocycles. The number of amides is 2. The van der Waals surface area contributed by atoms with E-state index in [0.717, 1.165) is 49.7 Å². The summed E-state index contributed by atoms with van der Waals surface area (Å²) in [6.45, 7) is 4.30. The van der Waals surface area contributed by atoms with Crippen molar-refractivity contribution in [2.75, 3.05) is 63.8 Å². The fraction of sp³-hybridized carbons (Fsp3) is 0.522. The molecule has 0 aliphatic carbocycles. The van der Waals surface area contributed by atoms with Crippen molar-refractivity contribution in [3.63, 3.8) is 0 Å². The molecule has 2 atom stereocenters. The summed E-state index contributed by atoms with van der Waals surface area (Å²) in [5, 5.41) is 11.7. The number of anilines is 2. The minimum atomic E-state index is -0.332. The van der Waals surface area contributed by atoms with E-state index < -0.39 is 0 Å². The first-order valence-electron chi connectivity index (χ1n) is 11.3. The third-order valence-electron chi connectivity index (χ3n) is 6.13. The molecule has 3 heterocycles. The zero-order valence-corrected chi connectivity index (χ0v) is 19.9. The van der Waals surface area contributed by atoms with Gasteiger partial charge in [0.2, 0.25) is 0 Å². The summed E-state index contributed by atoms with van der Waals surface area (Å²) in [7, 11) is 3.30. The van der Waals surface area contributed by atoms with Gasteiger partial charge in [-0.3, -0.25) is 9.59 Å². The van der Waals surface area contributed by atoms with Crippen LogP contribution in [0.3, 0.4) is 0 Å².